The molecule has 1 unspecified atom stereocenters. The quantitative estimate of drug-likeness (QED) is 0.657. The molecule has 25 heavy (non-hydrogen) atoms. The fraction of sp³-hybridized carbons (Fsp3) is 0.222. The highest BCUT2D eigenvalue weighted by Crippen LogP contribution is 2.36. The molecule has 0 spiro atoms. The Bertz CT molecular complexity index is 841. The summed E-state index contributed by atoms with van der Waals surface area (Å²) in [5.74, 6) is 0.0289. The third-order valence-corrected chi connectivity index (χ3v) is 5.65. The van der Waals surface area contributed by atoms with Gasteiger partial charge in [0.2, 0.25) is 0 Å². The van der Waals surface area contributed by atoms with Crippen LogP contribution in [0, 0.1) is 9.39 Å². The lowest BCUT2D eigenvalue weighted by molar-refractivity contribution is 0.102. The first-order chi connectivity index (χ1) is 11.9. The minimum absolute atomic E-state index is 0.147. The van der Waals surface area contributed by atoms with Crippen LogP contribution in [0.25, 0.3) is 0 Å². The van der Waals surface area contributed by atoms with Crippen LogP contribution in [0.4, 0.5) is 10.1 Å². The van der Waals surface area contributed by atoms with E-state index in [0.717, 1.165) is 21.3 Å². The van der Waals surface area contributed by atoms with Crippen LogP contribution in [0.2, 0.25) is 0 Å². The molecule has 0 aromatic heterocycles. The Morgan fingerprint density at radius 2 is 2.04 bits per heavy atom. The number of amides is 1. The third kappa shape index (κ3) is 4.14. The van der Waals surface area contributed by atoms with Gasteiger partial charge >= 0.3 is 0 Å². The van der Waals surface area contributed by atoms with Crippen LogP contribution in [0.1, 0.15) is 29.3 Å². The van der Waals surface area contributed by atoms with E-state index in [-0.39, 0.29) is 11.6 Å². The van der Waals surface area contributed by atoms with Crippen molar-refractivity contribution in [3.8, 4) is 0 Å². The number of nitrogens with one attached hydrogen (secondary N) is 1. The number of rotatable bonds is 3. The monoisotopic (exact) mass is 469 g/mol. The average molecular weight is 469 g/mol. The van der Waals surface area contributed by atoms with E-state index in [1.165, 1.54) is 17.8 Å². The van der Waals surface area contributed by atoms with Crippen LogP contribution >= 0.6 is 34.4 Å². The van der Waals surface area contributed by atoms with Gasteiger partial charge in [-0.25, -0.2) is 4.39 Å². The lowest BCUT2D eigenvalue weighted by Crippen LogP contribution is -2.29. The largest absolute Gasteiger partial charge is 0.379 e. The number of carbonyl (C=O) groups is 1. The summed E-state index contributed by atoms with van der Waals surface area (Å²) in [5, 5.41) is 3.18. The van der Waals surface area contributed by atoms with E-state index >= 15 is 0 Å². The number of nitrogens with zero attached hydrogens (tertiary/aromatic N) is 1. The van der Waals surface area contributed by atoms with Crippen molar-refractivity contribution in [3.63, 3.8) is 0 Å². The van der Waals surface area contributed by atoms with Crippen molar-refractivity contribution in [3.05, 3.63) is 63.0 Å². The Hall–Kier alpha value is -1.61. The molecule has 0 fully saturated rings. The highest BCUT2D eigenvalue weighted by atomic mass is 127. The minimum Gasteiger partial charge on any atom is -0.379 e. The summed E-state index contributed by atoms with van der Waals surface area (Å²) in [7, 11) is 0. The summed E-state index contributed by atoms with van der Waals surface area (Å²) in [5.41, 5.74) is 6.80. The highest BCUT2D eigenvalue weighted by molar-refractivity contribution is 14.1. The van der Waals surface area contributed by atoms with Gasteiger partial charge in [-0.2, -0.15) is 0 Å². The molecular weight excluding hydrogens is 452 g/mol. The topological polar surface area (TPSA) is 67.5 Å². The SMILES string of the molecule is CC1(c2ccc(F)c(NC(=O)c3ccc(I)cc3)c2)CCSC(N)=N1. The Morgan fingerprint density at radius 3 is 2.72 bits per heavy atom. The zero-order valence-corrected chi connectivity index (χ0v) is 16.5. The van der Waals surface area contributed by atoms with E-state index in [2.05, 4.69) is 32.9 Å². The predicted octanol–water partition coefficient (Wildman–Crippen LogP) is 4.35. The molecule has 1 atom stereocenters. The van der Waals surface area contributed by atoms with E-state index in [0.29, 0.717) is 10.7 Å². The van der Waals surface area contributed by atoms with Crippen LogP contribution in [0.5, 0.6) is 0 Å². The van der Waals surface area contributed by atoms with E-state index < -0.39 is 11.4 Å². The Morgan fingerprint density at radius 1 is 1.32 bits per heavy atom. The lowest BCUT2D eigenvalue weighted by Gasteiger charge is -2.30. The third-order valence-electron chi connectivity index (χ3n) is 4.14. The number of hydrogen-bond acceptors (Lipinski definition) is 4. The zero-order chi connectivity index (χ0) is 18.0. The number of carbonyl (C=O) groups excluding carboxylic acids is 1. The van der Waals surface area contributed by atoms with Gasteiger partial charge in [0.05, 0.1) is 11.2 Å². The Kier molecular flexibility index (Phi) is 5.33. The first-order valence-corrected chi connectivity index (χ1v) is 9.79. The van der Waals surface area contributed by atoms with Gasteiger partial charge < -0.3 is 11.1 Å². The first-order valence-electron chi connectivity index (χ1n) is 7.72. The summed E-state index contributed by atoms with van der Waals surface area (Å²) >= 11 is 3.68. The number of thioether (sulfide) groups is 1. The molecule has 4 nitrogen and oxygen atoms in total. The van der Waals surface area contributed by atoms with Crippen molar-refractivity contribution in [2.45, 2.75) is 18.9 Å². The highest BCUT2D eigenvalue weighted by Gasteiger charge is 2.30. The number of hydrogen-bond donors (Lipinski definition) is 2. The van der Waals surface area contributed by atoms with E-state index in [4.69, 9.17) is 5.73 Å². The van der Waals surface area contributed by atoms with Gasteiger partial charge in [-0.15, -0.1) is 0 Å². The van der Waals surface area contributed by atoms with Crippen LogP contribution in [-0.4, -0.2) is 16.8 Å². The first kappa shape index (κ1) is 18.2. The lowest BCUT2D eigenvalue weighted by atomic mass is 9.89. The van der Waals surface area contributed by atoms with Gasteiger partial charge in [-0.1, -0.05) is 17.8 Å². The van der Waals surface area contributed by atoms with Crippen LogP contribution in [0.3, 0.4) is 0 Å². The molecule has 0 aliphatic carbocycles. The molecule has 3 N–H and O–H groups in total. The molecule has 1 aliphatic rings. The number of anilines is 1. The summed E-state index contributed by atoms with van der Waals surface area (Å²) in [6.07, 6.45) is 0.800. The molecule has 3 rings (SSSR count). The fourth-order valence-electron chi connectivity index (χ4n) is 2.65. The maximum absolute atomic E-state index is 14.2. The molecule has 1 aliphatic heterocycles. The van der Waals surface area contributed by atoms with Crippen molar-refractivity contribution in [2.75, 3.05) is 11.1 Å². The molecule has 0 radical (unpaired) electrons. The molecule has 1 amide bonds. The number of nitrogens with two attached hydrogens (primary N) is 1. The van der Waals surface area contributed by atoms with Crippen molar-refractivity contribution in [1.29, 1.82) is 0 Å². The summed E-state index contributed by atoms with van der Waals surface area (Å²) in [6, 6.07) is 11.8. The van der Waals surface area contributed by atoms with Gasteiger partial charge in [-0.3, -0.25) is 9.79 Å². The van der Waals surface area contributed by atoms with Crippen molar-refractivity contribution in [1.82, 2.24) is 0 Å². The minimum atomic E-state index is -0.509. The molecule has 0 saturated carbocycles. The van der Waals surface area contributed by atoms with Gasteiger partial charge in [0.15, 0.2) is 5.17 Å². The molecular formula is C18H17FIN3OS. The average Bonchev–Trinajstić information content (AvgIpc) is 2.57. The second-order valence-electron chi connectivity index (χ2n) is 5.98. The Balaban J connectivity index is 1.88. The molecule has 0 saturated heterocycles. The van der Waals surface area contributed by atoms with E-state index in [1.54, 1.807) is 24.3 Å². The summed E-state index contributed by atoms with van der Waals surface area (Å²) < 4.78 is 15.2. The molecule has 2 aromatic carbocycles. The number of amidine groups is 1. The maximum atomic E-state index is 14.2. The predicted molar refractivity (Wildman–Crippen MR) is 110 cm³/mol. The normalized spacial score (nSPS) is 20.0. The summed E-state index contributed by atoms with van der Waals surface area (Å²) in [6.45, 7) is 1.97. The molecule has 2 aromatic rings. The zero-order valence-electron chi connectivity index (χ0n) is 13.6. The van der Waals surface area contributed by atoms with Gasteiger partial charge in [0.1, 0.15) is 5.82 Å². The number of benzene rings is 2. The maximum Gasteiger partial charge on any atom is 0.255 e. The second kappa shape index (κ2) is 7.33. The Labute approximate surface area is 163 Å². The molecule has 130 valence electrons. The van der Waals surface area contributed by atoms with Gasteiger partial charge in [-0.05, 0) is 77.9 Å². The molecule has 7 heteroatoms. The van der Waals surface area contributed by atoms with Crippen molar-refractivity contribution in [2.24, 2.45) is 10.7 Å². The second-order valence-corrected chi connectivity index (χ2v) is 8.34. The number of aliphatic imine (C=N–C) groups is 1. The van der Waals surface area contributed by atoms with Crippen molar-refractivity contribution >= 4 is 51.1 Å². The van der Waals surface area contributed by atoms with E-state index in [1.807, 2.05) is 19.1 Å². The van der Waals surface area contributed by atoms with Crippen LogP contribution in [0.15, 0.2) is 47.5 Å². The summed E-state index contributed by atoms with van der Waals surface area (Å²) in [4.78, 5) is 16.9. The standard InChI is InChI=1S/C18H17FIN3OS/c1-18(8-9-25-17(21)23-18)12-4-7-14(19)15(10-12)22-16(24)11-2-5-13(20)6-3-11/h2-7,10H,8-9H2,1H3,(H2,21,23)(H,22,24). The molecule has 1 heterocycles. The van der Waals surface area contributed by atoms with Gasteiger partial charge in [0.25, 0.3) is 5.91 Å². The number of halogens is 2. The molecule has 0 bridgehead atoms. The smallest absolute Gasteiger partial charge is 0.255 e. The van der Waals surface area contributed by atoms with Gasteiger partial charge in [0, 0.05) is 14.9 Å². The van der Waals surface area contributed by atoms with Crippen LogP contribution < -0.4 is 11.1 Å². The van der Waals surface area contributed by atoms with E-state index in [9.17, 15) is 9.18 Å². The van der Waals surface area contributed by atoms with Crippen LogP contribution in [-0.2, 0) is 5.54 Å². The fourth-order valence-corrected chi connectivity index (χ4v) is 3.98. The van der Waals surface area contributed by atoms with Crippen molar-refractivity contribution < 1.29 is 9.18 Å².